The minimum absolute atomic E-state index is 0.0385. The van der Waals surface area contributed by atoms with Gasteiger partial charge in [0, 0.05) is 31.5 Å². The van der Waals surface area contributed by atoms with Gasteiger partial charge in [-0.15, -0.1) is 5.92 Å². The number of aryl methyl sites for hydroxylation is 2. The molecule has 1 aliphatic heterocycles. The summed E-state index contributed by atoms with van der Waals surface area (Å²) in [6.07, 6.45) is 1.86. The maximum Gasteiger partial charge on any atom is 0.317 e. The monoisotopic (exact) mass is 423 g/mol. The van der Waals surface area contributed by atoms with Crippen LogP contribution in [0, 0.1) is 31.1 Å². The number of Topliss-reactive ketones (excluding diaryl/α,β-unsaturated/α-hetero) is 2. The number of hydrogen-bond donors (Lipinski definition) is 2. The number of piperidine rings is 1. The summed E-state index contributed by atoms with van der Waals surface area (Å²) in [7, 11) is 0. The molecule has 3 amide bonds. The summed E-state index contributed by atoms with van der Waals surface area (Å²) in [5.74, 6) is 4.52. The Kier molecular flexibility index (Phi) is 6.49. The first-order chi connectivity index (χ1) is 14.7. The molecular formula is C24H29N3O4. The minimum Gasteiger partial charge on any atom is -0.368 e. The molecule has 164 valence electrons. The molecule has 3 N–H and O–H groups in total. The second kappa shape index (κ2) is 8.93. The van der Waals surface area contributed by atoms with E-state index in [2.05, 4.69) is 17.2 Å². The SMILES string of the molecule is CC#Cc1cc(C)c(C2C(=O)CC3(CCN(C(=O)NCC(N)=O)CC3)CC2=O)c(C)c1. The van der Waals surface area contributed by atoms with E-state index in [-0.39, 0.29) is 29.6 Å². The third-order valence-corrected chi connectivity index (χ3v) is 6.42. The first-order valence-electron chi connectivity index (χ1n) is 10.6. The fourth-order valence-corrected chi connectivity index (χ4v) is 4.97. The maximum absolute atomic E-state index is 13.2. The molecule has 7 heteroatoms. The lowest BCUT2D eigenvalue weighted by Gasteiger charge is -2.44. The predicted octanol–water partition coefficient (Wildman–Crippen LogP) is 1.97. The summed E-state index contributed by atoms with van der Waals surface area (Å²) >= 11 is 0. The van der Waals surface area contributed by atoms with E-state index in [1.807, 2.05) is 26.0 Å². The highest BCUT2D eigenvalue weighted by atomic mass is 16.2. The molecule has 31 heavy (non-hydrogen) atoms. The van der Waals surface area contributed by atoms with Crippen molar-refractivity contribution >= 4 is 23.5 Å². The van der Waals surface area contributed by atoms with Crippen LogP contribution in [0.2, 0.25) is 0 Å². The zero-order valence-electron chi connectivity index (χ0n) is 18.3. The van der Waals surface area contributed by atoms with Gasteiger partial charge < -0.3 is 16.0 Å². The molecule has 0 unspecified atom stereocenters. The first-order valence-corrected chi connectivity index (χ1v) is 10.6. The van der Waals surface area contributed by atoms with Gasteiger partial charge in [0.2, 0.25) is 5.91 Å². The molecule has 2 fully saturated rings. The fourth-order valence-electron chi connectivity index (χ4n) is 4.97. The summed E-state index contributed by atoms with van der Waals surface area (Å²) < 4.78 is 0. The van der Waals surface area contributed by atoms with Crippen LogP contribution in [-0.4, -0.2) is 48.0 Å². The number of primary amides is 1. The zero-order valence-corrected chi connectivity index (χ0v) is 18.3. The molecule has 7 nitrogen and oxygen atoms in total. The van der Waals surface area contributed by atoms with E-state index >= 15 is 0 Å². The molecule has 0 aromatic heterocycles. The van der Waals surface area contributed by atoms with Crippen LogP contribution in [0.5, 0.6) is 0 Å². The smallest absolute Gasteiger partial charge is 0.317 e. The number of ketones is 2. The fraction of sp³-hybridized carbons (Fsp3) is 0.500. The van der Waals surface area contributed by atoms with Gasteiger partial charge in [-0.25, -0.2) is 4.79 Å². The van der Waals surface area contributed by atoms with Gasteiger partial charge in [-0.3, -0.25) is 14.4 Å². The molecular weight excluding hydrogens is 394 g/mol. The van der Waals surface area contributed by atoms with Crippen molar-refractivity contribution in [2.24, 2.45) is 11.1 Å². The zero-order chi connectivity index (χ0) is 22.8. The van der Waals surface area contributed by atoms with Gasteiger partial charge in [-0.05, 0) is 67.9 Å². The molecule has 1 aromatic rings. The Balaban J connectivity index is 1.72. The summed E-state index contributed by atoms with van der Waals surface area (Å²) in [5.41, 5.74) is 8.21. The van der Waals surface area contributed by atoms with Crippen molar-refractivity contribution in [2.45, 2.75) is 52.4 Å². The van der Waals surface area contributed by atoms with Gasteiger partial charge in [0.05, 0.1) is 6.54 Å². The molecule has 1 aromatic carbocycles. The first kappa shape index (κ1) is 22.5. The van der Waals surface area contributed by atoms with Crippen LogP contribution in [0.1, 0.15) is 60.8 Å². The van der Waals surface area contributed by atoms with E-state index in [0.29, 0.717) is 38.8 Å². The number of carbonyl (C=O) groups excluding carboxylic acids is 4. The molecule has 3 rings (SSSR count). The molecule has 1 saturated heterocycles. The second-order valence-corrected chi connectivity index (χ2v) is 8.73. The highest BCUT2D eigenvalue weighted by Crippen LogP contribution is 2.46. The van der Waals surface area contributed by atoms with E-state index in [1.165, 1.54) is 0 Å². The van der Waals surface area contributed by atoms with E-state index in [4.69, 9.17) is 5.73 Å². The average molecular weight is 424 g/mol. The minimum atomic E-state index is -0.717. The van der Waals surface area contributed by atoms with Crippen LogP contribution in [0.3, 0.4) is 0 Å². The van der Waals surface area contributed by atoms with Gasteiger partial charge in [-0.2, -0.15) is 0 Å². The number of hydrogen-bond acceptors (Lipinski definition) is 4. The number of amides is 3. The number of rotatable bonds is 3. The third-order valence-electron chi connectivity index (χ3n) is 6.42. The highest BCUT2D eigenvalue weighted by molar-refractivity contribution is 6.10. The van der Waals surface area contributed by atoms with Crippen molar-refractivity contribution in [1.29, 1.82) is 0 Å². The lowest BCUT2D eigenvalue weighted by molar-refractivity contribution is -0.138. The van der Waals surface area contributed by atoms with E-state index in [0.717, 1.165) is 22.3 Å². The van der Waals surface area contributed by atoms with Gasteiger partial charge in [-0.1, -0.05) is 5.92 Å². The van der Waals surface area contributed by atoms with Crippen LogP contribution in [0.15, 0.2) is 12.1 Å². The van der Waals surface area contributed by atoms with Crippen molar-refractivity contribution in [3.8, 4) is 11.8 Å². The van der Waals surface area contributed by atoms with Gasteiger partial charge in [0.1, 0.15) is 17.5 Å². The summed E-state index contributed by atoms with van der Waals surface area (Å²) in [6, 6.07) is 3.53. The third kappa shape index (κ3) is 4.79. The normalized spacial score (nSPS) is 18.5. The Morgan fingerprint density at radius 2 is 1.68 bits per heavy atom. The van der Waals surface area contributed by atoms with Crippen LogP contribution in [0.4, 0.5) is 4.79 Å². The van der Waals surface area contributed by atoms with Gasteiger partial charge >= 0.3 is 6.03 Å². The van der Waals surface area contributed by atoms with E-state index < -0.39 is 11.8 Å². The molecule has 1 spiro atoms. The quantitative estimate of drug-likeness (QED) is 0.572. The lowest BCUT2D eigenvalue weighted by Crippen LogP contribution is -2.51. The molecule has 0 atom stereocenters. The highest BCUT2D eigenvalue weighted by Gasteiger charge is 2.47. The number of nitrogens with one attached hydrogen (secondary N) is 1. The maximum atomic E-state index is 13.2. The number of nitrogens with zero attached hydrogens (tertiary/aromatic N) is 1. The van der Waals surface area contributed by atoms with Crippen molar-refractivity contribution in [1.82, 2.24) is 10.2 Å². The largest absolute Gasteiger partial charge is 0.368 e. The Labute approximate surface area is 182 Å². The van der Waals surface area contributed by atoms with Crippen molar-refractivity contribution in [3.63, 3.8) is 0 Å². The number of likely N-dealkylation sites (tertiary alicyclic amines) is 1. The molecule has 0 bridgehead atoms. The number of nitrogens with two attached hydrogens (primary N) is 1. The van der Waals surface area contributed by atoms with E-state index in [9.17, 15) is 19.2 Å². The molecule has 2 aliphatic rings. The van der Waals surface area contributed by atoms with Gasteiger partial charge in [0.15, 0.2) is 0 Å². The molecule has 1 aliphatic carbocycles. The lowest BCUT2D eigenvalue weighted by atomic mass is 9.62. The molecule has 0 radical (unpaired) electrons. The summed E-state index contributed by atoms with van der Waals surface area (Å²) in [5, 5.41) is 2.48. The molecule has 1 saturated carbocycles. The second-order valence-electron chi connectivity index (χ2n) is 8.73. The van der Waals surface area contributed by atoms with Gasteiger partial charge in [0.25, 0.3) is 0 Å². The topological polar surface area (TPSA) is 110 Å². The van der Waals surface area contributed by atoms with Crippen LogP contribution in [-0.2, 0) is 14.4 Å². The Morgan fingerprint density at radius 3 is 2.16 bits per heavy atom. The average Bonchev–Trinajstić information content (AvgIpc) is 2.68. The van der Waals surface area contributed by atoms with Crippen molar-refractivity contribution < 1.29 is 19.2 Å². The van der Waals surface area contributed by atoms with Crippen LogP contribution in [0.25, 0.3) is 0 Å². The molecule has 1 heterocycles. The van der Waals surface area contributed by atoms with Crippen molar-refractivity contribution in [2.75, 3.05) is 19.6 Å². The number of benzene rings is 1. The number of carbonyl (C=O) groups is 4. The number of urea groups is 1. The Bertz CT molecular complexity index is 951. The standard InChI is InChI=1S/C24H29N3O4/c1-4-5-17-10-15(2)21(16(3)11-17)22-18(28)12-24(13-19(22)29)6-8-27(9-7-24)23(31)26-14-20(25)30/h10-11,22H,6-9,12-14H2,1-3H3,(H2,25,30)(H,26,31). The Morgan fingerprint density at radius 1 is 1.13 bits per heavy atom. The predicted molar refractivity (Wildman–Crippen MR) is 116 cm³/mol. The summed E-state index contributed by atoms with van der Waals surface area (Å²) in [4.78, 5) is 51.0. The Hall–Kier alpha value is -3.14. The van der Waals surface area contributed by atoms with Crippen LogP contribution < -0.4 is 11.1 Å². The van der Waals surface area contributed by atoms with E-state index in [1.54, 1.807) is 11.8 Å². The summed E-state index contributed by atoms with van der Waals surface area (Å²) in [6.45, 7) is 6.31. The van der Waals surface area contributed by atoms with Crippen molar-refractivity contribution in [3.05, 3.63) is 34.4 Å². The van der Waals surface area contributed by atoms with Crippen LogP contribution >= 0.6 is 0 Å².